The monoisotopic (exact) mass is 328 g/mol. The quantitative estimate of drug-likeness (QED) is 0.899. The largest absolute Gasteiger partial charge is 0.316 e. The SMILES string of the molecule is CNCc1cccc(CS(=O)(=O)N2CCSC(C)(C)C2)c1. The molecule has 0 radical (unpaired) electrons. The van der Waals surface area contributed by atoms with Crippen LogP contribution in [0.5, 0.6) is 0 Å². The molecule has 0 atom stereocenters. The van der Waals surface area contributed by atoms with Crippen LogP contribution in [0.4, 0.5) is 0 Å². The molecule has 1 aromatic carbocycles. The summed E-state index contributed by atoms with van der Waals surface area (Å²) in [6, 6.07) is 7.79. The molecule has 6 heteroatoms. The van der Waals surface area contributed by atoms with Crippen LogP contribution >= 0.6 is 11.8 Å². The van der Waals surface area contributed by atoms with Gasteiger partial charge in [-0.1, -0.05) is 24.3 Å². The molecule has 0 amide bonds. The fourth-order valence-electron chi connectivity index (χ4n) is 2.55. The van der Waals surface area contributed by atoms with Gasteiger partial charge < -0.3 is 5.32 Å². The second kappa shape index (κ2) is 6.69. The molecule has 1 aliphatic rings. The van der Waals surface area contributed by atoms with Gasteiger partial charge in [-0.3, -0.25) is 0 Å². The van der Waals surface area contributed by atoms with Crippen molar-refractivity contribution in [2.45, 2.75) is 30.9 Å². The van der Waals surface area contributed by atoms with Gasteiger partial charge in [-0.15, -0.1) is 0 Å². The minimum absolute atomic E-state index is 0.000696. The van der Waals surface area contributed by atoms with Crippen molar-refractivity contribution in [1.82, 2.24) is 9.62 Å². The Labute approximate surface area is 132 Å². The highest BCUT2D eigenvalue weighted by Gasteiger charge is 2.33. The number of nitrogens with zero attached hydrogens (tertiary/aromatic N) is 1. The van der Waals surface area contributed by atoms with E-state index in [0.717, 1.165) is 23.4 Å². The van der Waals surface area contributed by atoms with Crippen molar-refractivity contribution in [3.8, 4) is 0 Å². The van der Waals surface area contributed by atoms with Crippen molar-refractivity contribution in [2.24, 2.45) is 0 Å². The van der Waals surface area contributed by atoms with Crippen LogP contribution in [0.25, 0.3) is 0 Å². The molecule has 1 heterocycles. The van der Waals surface area contributed by atoms with Crippen LogP contribution in [0, 0.1) is 0 Å². The zero-order chi connectivity index (χ0) is 15.5. The van der Waals surface area contributed by atoms with Gasteiger partial charge in [0.05, 0.1) is 5.75 Å². The molecular weight excluding hydrogens is 304 g/mol. The Balaban J connectivity index is 2.12. The third-order valence-corrected chi connectivity index (χ3v) is 6.60. The molecule has 1 aliphatic heterocycles. The zero-order valence-electron chi connectivity index (χ0n) is 12.9. The third kappa shape index (κ3) is 4.71. The van der Waals surface area contributed by atoms with E-state index in [0.29, 0.717) is 13.1 Å². The van der Waals surface area contributed by atoms with E-state index in [4.69, 9.17) is 0 Å². The summed E-state index contributed by atoms with van der Waals surface area (Å²) in [7, 11) is -1.35. The van der Waals surface area contributed by atoms with Gasteiger partial charge in [0.25, 0.3) is 0 Å². The van der Waals surface area contributed by atoms with E-state index in [9.17, 15) is 8.42 Å². The van der Waals surface area contributed by atoms with Crippen molar-refractivity contribution in [3.63, 3.8) is 0 Å². The van der Waals surface area contributed by atoms with E-state index >= 15 is 0 Å². The lowest BCUT2D eigenvalue weighted by atomic mass is 10.1. The molecule has 4 nitrogen and oxygen atoms in total. The van der Waals surface area contributed by atoms with Crippen LogP contribution < -0.4 is 5.32 Å². The second-order valence-corrected chi connectivity index (χ2v) is 9.82. The fourth-order valence-corrected chi connectivity index (χ4v) is 5.53. The molecule has 1 aromatic rings. The maximum absolute atomic E-state index is 12.6. The Morgan fingerprint density at radius 2 is 2.05 bits per heavy atom. The Kier molecular flexibility index (Phi) is 5.35. The van der Waals surface area contributed by atoms with Crippen LogP contribution in [-0.4, -0.2) is 43.4 Å². The van der Waals surface area contributed by atoms with Crippen molar-refractivity contribution in [2.75, 3.05) is 25.9 Å². The van der Waals surface area contributed by atoms with E-state index in [-0.39, 0.29) is 10.5 Å². The van der Waals surface area contributed by atoms with Gasteiger partial charge >= 0.3 is 0 Å². The van der Waals surface area contributed by atoms with Gasteiger partial charge in [-0.25, -0.2) is 8.42 Å². The maximum atomic E-state index is 12.6. The summed E-state index contributed by atoms with van der Waals surface area (Å²) in [5, 5.41) is 3.09. The molecule has 118 valence electrons. The lowest BCUT2D eigenvalue weighted by Crippen LogP contribution is -2.46. The van der Waals surface area contributed by atoms with E-state index in [1.165, 1.54) is 0 Å². The zero-order valence-corrected chi connectivity index (χ0v) is 14.6. The standard InChI is InChI=1S/C15H24N2O2S2/c1-15(2)12-17(7-8-20-15)21(18,19)11-14-6-4-5-13(9-14)10-16-3/h4-6,9,16H,7-8,10-12H2,1-3H3. The molecule has 1 fully saturated rings. The molecule has 2 rings (SSSR count). The van der Waals surface area contributed by atoms with Crippen molar-refractivity contribution < 1.29 is 8.42 Å². The number of nitrogens with one attached hydrogen (secondary N) is 1. The number of thioether (sulfide) groups is 1. The Morgan fingerprint density at radius 3 is 2.71 bits per heavy atom. The molecule has 0 unspecified atom stereocenters. The average molecular weight is 329 g/mol. The molecule has 0 spiro atoms. The Morgan fingerprint density at radius 1 is 1.33 bits per heavy atom. The van der Waals surface area contributed by atoms with Crippen molar-refractivity contribution >= 4 is 21.8 Å². The minimum atomic E-state index is -3.24. The summed E-state index contributed by atoms with van der Waals surface area (Å²) < 4.78 is 26.9. The molecule has 0 aliphatic carbocycles. The first kappa shape index (κ1) is 16.8. The fraction of sp³-hybridized carbons (Fsp3) is 0.600. The first-order valence-corrected chi connectivity index (χ1v) is 9.76. The van der Waals surface area contributed by atoms with Gasteiger partial charge in [0.1, 0.15) is 0 Å². The topological polar surface area (TPSA) is 49.4 Å². The third-order valence-electron chi connectivity index (χ3n) is 3.51. The lowest BCUT2D eigenvalue weighted by molar-refractivity contribution is 0.387. The van der Waals surface area contributed by atoms with Crippen molar-refractivity contribution in [3.05, 3.63) is 35.4 Å². The van der Waals surface area contributed by atoms with Gasteiger partial charge in [-0.05, 0) is 32.0 Å². The smallest absolute Gasteiger partial charge is 0.218 e. The summed E-state index contributed by atoms with van der Waals surface area (Å²) in [6.07, 6.45) is 0. The Bertz CT molecular complexity index is 585. The normalized spacial score (nSPS) is 19.6. The molecule has 21 heavy (non-hydrogen) atoms. The predicted octanol–water partition coefficient (Wildman–Crippen LogP) is 2.06. The minimum Gasteiger partial charge on any atom is -0.316 e. The maximum Gasteiger partial charge on any atom is 0.218 e. The van der Waals surface area contributed by atoms with Crippen LogP contribution in [0.15, 0.2) is 24.3 Å². The molecule has 0 aromatic heterocycles. The molecule has 1 N–H and O–H groups in total. The number of rotatable bonds is 5. The highest BCUT2D eigenvalue weighted by Crippen LogP contribution is 2.31. The second-order valence-electron chi connectivity index (χ2n) is 6.05. The van der Waals surface area contributed by atoms with Crippen LogP contribution in [-0.2, 0) is 22.3 Å². The van der Waals surface area contributed by atoms with E-state index in [1.807, 2.05) is 43.1 Å². The first-order valence-electron chi connectivity index (χ1n) is 7.17. The summed E-state index contributed by atoms with van der Waals surface area (Å²) in [5.41, 5.74) is 1.97. The summed E-state index contributed by atoms with van der Waals surface area (Å²) in [6.45, 7) is 6.17. The van der Waals surface area contributed by atoms with Crippen LogP contribution in [0.2, 0.25) is 0 Å². The summed E-state index contributed by atoms with van der Waals surface area (Å²) in [5.74, 6) is 0.956. The predicted molar refractivity (Wildman–Crippen MR) is 89.9 cm³/mol. The van der Waals surface area contributed by atoms with E-state index in [1.54, 1.807) is 4.31 Å². The average Bonchev–Trinajstić information content (AvgIpc) is 2.38. The highest BCUT2D eigenvalue weighted by atomic mass is 32.2. The summed E-state index contributed by atoms with van der Waals surface area (Å²) in [4.78, 5) is 0. The number of hydrogen-bond donors (Lipinski definition) is 1. The van der Waals surface area contributed by atoms with Crippen molar-refractivity contribution in [1.29, 1.82) is 0 Å². The number of sulfonamides is 1. The van der Waals surface area contributed by atoms with Crippen LogP contribution in [0.1, 0.15) is 25.0 Å². The highest BCUT2D eigenvalue weighted by molar-refractivity contribution is 8.00. The first-order chi connectivity index (χ1) is 9.82. The van der Waals surface area contributed by atoms with Gasteiger partial charge in [0, 0.05) is 30.1 Å². The number of hydrogen-bond acceptors (Lipinski definition) is 4. The lowest BCUT2D eigenvalue weighted by Gasteiger charge is -2.36. The Hall–Kier alpha value is -0.560. The molecule has 0 bridgehead atoms. The van der Waals surface area contributed by atoms with Gasteiger partial charge in [0.2, 0.25) is 10.0 Å². The molecular formula is C15H24N2O2S2. The molecule has 0 saturated carbocycles. The van der Waals surface area contributed by atoms with E-state index < -0.39 is 10.0 Å². The summed E-state index contributed by atoms with van der Waals surface area (Å²) >= 11 is 1.84. The van der Waals surface area contributed by atoms with E-state index in [2.05, 4.69) is 19.2 Å². The van der Waals surface area contributed by atoms with Gasteiger partial charge in [0.15, 0.2) is 0 Å². The number of benzene rings is 1. The van der Waals surface area contributed by atoms with Crippen LogP contribution in [0.3, 0.4) is 0 Å². The van der Waals surface area contributed by atoms with Gasteiger partial charge in [-0.2, -0.15) is 16.1 Å². The molecule has 1 saturated heterocycles.